The topological polar surface area (TPSA) is 27.7 Å². The van der Waals surface area contributed by atoms with Crippen molar-refractivity contribution < 1.29 is 4.74 Å². The Labute approximate surface area is 143 Å². The first-order valence-corrected chi connectivity index (χ1v) is 9.86. The molecular weight excluding hydrogens is 286 g/mol. The predicted octanol–water partition coefficient (Wildman–Crippen LogP) is 2.59. The van der Waals surface area contributed by atoms with E-state index in [1.165, 1.54) is 58.4 Å². The molecule has 1 heterocycles. The van der Waals surface area contributed by atoms with E-state index in [1.807, 2.05) is 0 Å². The Morgan fingerprint density at radius 3 is 2.17 bits per heavy atom. The first kappa shape index (κ1) is 19.2. The minimum Gasteiger partial charge on any atom is -0.377 e. The standard InChI is InChI=1S/C19H39N3O/c1-16(2)20-9-14-23-19-7-5-18(6-8-19)15-21-10-12-22(13-11-21)17(3)4/h16-20H,5-15H2,1-4H3. The number of rotatable bonds is 8. The van der Waals surface area contributed by atoms with E-state index in [0.717, 1.165) is 19.1 Å². The fraction of sp³-hybridized carbons (Fsp3) is 1.00. The lowest BCUT2D eigenvalue weighted by Crippen LogP contribution is -2.50. The zero-order chi connectivity index (χ0) is 16.7. The highest BCUT2D eigenvalue weighted by molar-refractivity contribution is 4.79. The van der Waals surface area contributed by atoms with Crippen molar-refractivity contribution in [2.75, 3.05) is 45.9 Å². The van der Waals surface area contributed by atoms with Gasteiger partial charge in [-0.25, -0.2) is 0 Å². The zero-order valence-electron chi connectivity index (χ0n) is 15.9. The van der Waals surface area contributed by atoms with Crippen molar-refractivity contribution in [2.45, 2.75) is 71.6 Å². The fourth-order valence-electron chi connectivity index (χ4n) is 3.88. The first-order valence-electron chi connectivity index (χ1n) is 9.86. The van der Waals surface area contributed by atoms with E-state index in [0.29, 0.717) is 18.2 Å². The summed E-state index contributed by atoms with van der Waals surface area (Å²) < 4.78 is 6.03. The summed E-state index contributed by atoms with van der Waals surface area (Å²) in [6.45, 7) is 17.2. The predicted molar refractivity (Wildman–Crippen MR) is 98.0 cm³/mol. The van der Waals surface area contributed by atoms with E-state index in [2.05, 4.69) is 42.8 Å². The molecule has 0 aromatic heterocycles. The number of hydrogen-bond donors (Lipinski definition) is 1. The molecule has 0 spiro atoms. The van der Waals surface area contributed by atoms with Crippen molar-refractivity contribution in [3.8, 4) is 0 Å². The largest absolute Gasteiger partial charge is 0.377 e. The summed E-state index contributed by atoms with van der Waals surface area (Å²) in [6.07, 6.45) is 5.74. The molecule has 1 saturated heterocycles. The van der Waals surface area contributed by atoms with Crippen molar-refractivity contribution in [1.82, 2.24) is 15.1 Å². The molecule has 4 heteroatoms. The summed E-state index contributed by atoms with van der Waals surface area (Å²) in [5.41, 5.74) is 0. The molecule has 2 rings (SSSR count). The highest BCUT2D eigenvalue weighted by Crippen LogP contribution is 2.27. The van der Waals surface area contributed by atoms with E-state index >= 15 is 0 Å². The molecule has 0 unspecified atom stereocenters. The summed E-state index contributed by atoms with van der Waals surface area (Å²) in [7, 11) is 0. The van der Waals surface area contributed by atoms with Crippen LogP contribution >= 0.6 is 0 Å². The Balaban J connectivity index is 1.55. The Kier molecular flexibility index (Phi) is 8.31. The van der Waals surface area contributed by atoms with Crippen LogP contribution in [0.1, 0.15) is 53.4 Å². The van der Waals surface area contributed by atoms with Gasteiger partial charge in [0, 0.05) is 51.4 Å². The molecule has 1 aliphatic heterocycles. The number of nitrogens with one attached hydrogen (secondary N) is 1. The van der Waals surface area contributed by atoms with Gasteiger partial charge in [0.05, 0.1) is 12.7 Å². The summed E-state index contributed by atoms with van der Waals surface area (Å²) in [4.78, 5) is 5.30. The Morgan fingerprint density at radius 2 is 1.61 bits per heavy atom. The third kappa shape index (κ3) is 7.08. The second-order valence-electron chi connectivity index (χ2n) is 8.05. The number of ether oxygens (including phenoxy) is 1. The van der Waals surface area contributed by atoms with Gasteiger partial charge in [0.25, 0.3) is 0 Å². The highest BCUT2D eigenvalue weighted by Gasteiger charge is 2.25. The summed E-state index contributed by atoms with van der Waals surface area (Å²) in [5.74, 6) is 0.897. The lowest BCUT2D eigenvalue weighted by atomic mass is 9.87. The van der Waals surface area contributed by atoms with Gasteiger partial charge < -0.3 is 15.0 Å². The van der Waals surface area contributed by atoms with Crippen molar-refractivity contribution in [3.05, 3.63) is 0 Å². The average molecular weight is 326 g/mol. The lowest BCUT2D eigenvalue weighted by Gasteiger charge is -2.39. The van der Waals surface area contributed by atoms with Gasteiger partial charge in [-0.1, -0.05) is 13.8 Å². The van der Waals surface area contributed by atoms with E-state index in [-0.39, 0.29) is 0 Å². The van der Waals surface area contributed by atoms with Gasteiger partial charge in [-0.3, -0.25) is 4.90 Å². The van der Waals surface area contributed by atoms with Crippen molar-refractivity contribution in [2.24, 2.45) is 5.92 Å². The van der Waals surface area contributed by atoms with Crippen molar-refractivity contribution in [1.29, 1.82) is 0 Å². The summed E-state index contributed by atoms with van der Waals surface area (Å²) in [5, 5.41) is 3.42. The first-order chi connectivity index (χ1) is 11.0. The van der Waals surface area contributed by atoms with Crippen LogP contribution < -0.4 is 5.32 Å². The number of nitrogens with zero attached hydrogens (tertiary/aromatic N) is 2. The van der Waals surface area contributed by atoms with Gasteiger partial charge in [-0.05, 0) is 45.4 Å². The van der Waals surface area contributed by atoms with Gasteiger partial charge in [-0.2, -0.15) is 0 Å². The third-order valence-electron chi connectivity index (χ3n) is 5.46. The highest BCUT2D eigenvalue weighted by atomic mass is 16.5. The molecule has 1 saturated carbocycles. The maximum absolute atomic E-state index is 6.03. The van der Waals surface area contributed by atoms with Crippen LogP contribution in [0.25, 0.3) is 0 Å². The second-order valence-corrected chi connectivity index (χ2v) is 8.05. The van der Waals surface area contributed by atoms with E-state index in [4.69, 9.17) is 4.74 Å². The van der Waals surface area contributed by atoms with Gasteiger partial charge in [-0.15, -0.1) is 0 Å². The van der Waals surface area contributed by atoms with Crippen LogP contribution in [-0.2, 0) is 4.74 Å². The van der Waals surface area contributed by atoms with Crippen LogP contribution in [0.4, 0.5) is 0 Å². The van der Waals surface area contributed by atoms with Gasteiger partial charge in [0.2, 0.25) is 0 Å². The van der Waals surface area contributed by atoms with Crippen LogP contribution in [0.5, 0.6) is 0 Å². The molecule has 136 valence electrons. The molecule has 0 aromatic rings. The number of hydrogen-bond acceptors (Lipinski definition) is 4. The molecule has 0 radical (unpaired) electrons. The third-order valence-corrected chi connectivity index (χ3v) is 5.46. The molecule has 0 amide bonds. The van der Waals surface area contributed by atoms with Crippen LogP contribution in [0.2, 0.25) is 0 Å². The van der Waals surface area contributed by atoms with Crippen LogP contribution in [0.15, 0.2) is 0 Å². The molecular formula is C19H39N3O. The van der Waals surface area contributed by atoms with Gasteiger partial charge >= 0.3 is 0 Å². The number of piperazine rings is 1. The zero-order valence-corrected chi connectivity index (χ0v) is 15.9. The molecule has 2 aliphatic rings. The lowest BCUT2D eigenvalue weighted by molar-refractivity contribution is 0.0117. The molecule has 0 aromatic carbocycles. The van der Waals surface area contributed by atoms with Crippen LogP contribution in [0.3, 0.4) is 0 Å². The molecule has 4 nitrogen and oxygen atoms in total. The SMILES string of the molecule is CC(C)NCCOC1CCC(CN2CCN(C(C)C)CC2)CC1. The molecule has 2 fully saturated rings. The maximum atomic E-state index is 6.03. The van der Waals surface area contributed by atoms with E-state index < -0.39 is 0 Å². The Morgan fingerprint density at radius 1 is 0.957 bits per heavy atom. The quantitative estimate of drug-likeness (QED) is 0.694. The fourth-order valence-corrected chi connectivity index (χ4v) is 3.88. The molecule has 1 aliphatic carbocycles. The van der Waals surface area contributed by atoms with E-state index in [9.17, 15) is 0 Å². The molecule has 0 bridgehead atoms. The van der Waals surface area contributed by atoms with E-state index in [1.54, 1.807) is 0 Å². The monoisotopic (exact) mass is 325 g/mol. The van der Waals surface area contributed by atoms with Crippen molar-refractivity contribution >= 4 is 0 Å². The second kappa shape index (κ2) is 9.97. The van der Waals surface area contributed by atoms with Gasteiger partial charge in [0.1, 0.15) is 0 Å². The summed E-state index contributed by atoms with van der Waals surface area (Å²) >= 11 is 0. The van der Waals surface area contributed by atoms with Crippen molar-refractivity contribution in [3.63, 3.8) is 0 Å². The maximum Gasteiger partial charge on any atom is 0.0594 e. The molecule has 1 N–H and O–H groups in total. The molecule has 0 atom stereocenters. The van der Waals surface area contributed by atoms with Crippen LogP contribution in [0, 0.1) is 5.92 Å². The Hall–Kier alpha value is -0.160. The minimum absolute atomic E-state index is 0.512. The Bertz CT molecular complexity index is 306. The minimum atomic E-state index is 0.512. The smallest absolute Gasteiger partial charge is 0.0594 e. The molecule has 23 heavy (non-hydrogen) atoms. The average Bonchev–Trinajstić information content (AvgIpc) is 2.53. The summed E-state index contributed by atoms with van der Waals surface area (Å²) in [6, 6.07) is 1.26. The van der Waals surface area contributed by atoms with Gasteiger partial charge in [0.15, 0.2) is 0 Å². The van der Waals surface area contributed by atoms with Crippen LogP contribution in [-0.4, -0.2) is 73.9 Å². The normalized spacial score (nSPS) is 27.9.